The van der Waals surface area contributed by atoms with Crippen molar-refractivity contribution in [1.29, 1.82) is 0 Å². The summed E-state index contributed by atoms with van der Waals surface area (Å²) in [7, 11) is 0. The van der Waals surface area contributed by atoms with Gasteiger partial charge in [0.15, 0.2) is 0 Å². The van der Waals surface area contributed by atoms with E-state index in [1.807, 2.05) is 37.3 Å². The second-order valence-electron chi connectivity index (χ2n) is 11.8. The SMILES string of the molecule is CCOC(=O)c1c(NC(=O)C(C)Sc2cccc(NC(=O)/C(=C\c3cccc(C)c3)NC(=O)c3ccccc3)c2)sc(C(=O)Nc2ccccc2)c1C. The molecule has 4 N–H and O–H groups in total. The molecule has 0 saturated carbocycles. The lowest BCUT2D eigenvalue weighted by molar-refractivity contribution is -0.115. The number of hydrogen-bond acceptors (Lipinski definition) is 8. The van der Waals surface area contributed by atoms with Crippen LogP contribution in [-0.2, 0) is 14.3 Å². The fourth-order valence-corrected chi connectivity index (χ4v) is 7.18. The number of thioether (sulfide) groups is 1. The van der Waals surface area contributed by atoms with Gasteiger partial charge in [0.1, 0.15) is 10.7 Å². The number of ether oxygens (including phenoxy) is 1. The highest BCUT2D eigenvalue weighted by Gasteiger charge is 2.28. The molecular formula is C41H38N4O6S2. The number of anilines is 3. The highest BCUT2D eigenvalue weighted by Crippen LogP contribution is 2.35. The zero-order chi connectivity index (χ0) is 37.9. The number of rotatable bonds is 13. The average Bonchev–Trinajstić information content (AvgIpc) is 3.47. The van der Waals surface area contributed by atoms with Gasteiger partial charge >= 0.3 is 5.97 Å². The van der Waals surface area contributed by atoms with Gasteiger partial charge in [0, 0.05) is 21.8 Å². The third-order valence-corrected chi connectivity index (χ3v) is 10.1. The Balaban J connectivity index is 1.30. The van der Waals surface area contributed by atoms with Crippen molar-refractivity contribution < 1.29 is 28.7 Å². The Bertz CT molecular complexity index is 2170. The lowest BCUT2D eigenvalue weighted by Crippen LogP contribution is -2.30. The molecule has 0 aliphatic heterocycles. The molecule has 1 heterocycles. The first-order chi connectivity index (χ1) is 25.5. The van der Waals surface area contributed by atoms with Gasteiger partial charge < -0.3 is 26.0 Å². The van der Waals surface area contributed by atoms with Crippen LogP contribution in [0.25, 0.3) is 6.08 Å². The van der Waals surface area contributed by atoms with E-state index in [2.05, 4.69) is 21.3 Å². The smallest absolute Gasteiger partial charge is 0.341 e. The van der Waals surface area contributed by atoms with Gasteiger partial charge in [0.05, 0.1) is 22.3 Å². The van der Waals surface area contributed by atoms with Crippen LogP contribution in [0.4, 0.5) is 16.4 Å². The van der Waals surface area contributed by atoms with Crippen molar-refractivity contribution in [3.63, 3.8) is 0 Å². The van der Waals surface area contributed by atoms with Crippen LogP contribution in [0.15, 0.2) is 120 Å². The van der Waals surface area contributed by atoms with Crippen molar-refractivity contribution in [2.24, 2.45) is 0 Å². The van der Waals surface area contributed by atoms with Crippen molar-refractivity contribution in [1.82, 2.24) is 5.32 Å². The number of esters is 1. The van der Waals surface area contributed by atoms with Crippen molar-refractivity contribution >= 4 is 75.1 Å². The molecular weight excluding hydrogens is 709 g/mol. The van der Waals surface area contributed by atoms with Crippen LogP contribution in [0.1, 0.15) is 60.9 Å². The molecule has 1 unspecified atom stereocenters. The fourth-order valence-electron chi connectivity index (χ4n) is 5.16. The zero-order valence-electron chi connectivity index (χ0n) is 29.5. The Kier molecular flexibility index (Phi) is 13.0. The normalized spacial score (nSPS) is 11.6. The van der Waals surface area contributed by atoms with Crippen LogP contribution in [0, 0.1) is 13.8 Å². The summed E-state index contributed by atoms with van der Waals surface area (Å²) in [5, 5.41) is 10.8. The minimum atomic E-state index is -0.651. The molecule has 5 aromatic rings. The first-order valence-electron chi connectivity index (χ1n) is 16.7. The number of carbonyl (C=O) groups excluding carboxylic acids is 5. The molecule has 53 heavy (non-hydrogen) atoms. The highest BCUT2D eigenvalue weighted by atomic mass is 32.2. The lowest BCUT2D eigenvalue weighted by atomic mass is 10.1. The topological polar surface area (TPSA) is 143 Å². The molecule has 1 aromatic heterocycles. The van der Waals surface area contributed by atoms with Crippen molar-refractivity contribution in [3.8, 4) is 0 Å². The maximum atomic E-state index is 13.6. The van der Waals surface area contributed by atoms with Crippen molar-refractivity contribution in [2.45, 2.75) is 37.8 Å². The Morgan fingerprint density at radius 2 is 1.45 bits per heavy atom. The molecule has 270 valence electrons. The van der Waals surface area contributed by atoms with Gasteiger partial charge in [-0.1, -0.05) is 72.3 Å². The van der Waals surface area contributed by atoms with E-state index in [0.29, 0.717) is 27.4 Å². The zero-order valence-corrected chi connectivity index (χ0v) is 31.2. The number of amides is 4. The van der Waals surface area contributed by atoms with Gasteiger partial charge in [-0.25, -0.2) is 4.79 Å². The molecule has 12 heteroatoms. The summed E-state index contributed by atoms with van der Waals surface area (Å²) in [6.45, 7) is 7.09. The summed E-state index contributed by atoms with van der Waals surface area (Å²) in [6.07, 6.45) is 1.61. The van der Waals surface area contributed by atoms with E-state index in [-0.39, 0.29) is 27.7 Å². The standard InChI is InChI=1S/C41H38N4O6S2/c1-5-51-41(50)34-26(3)35(39(49)42-30-18-10-7-11-19-30)53-40(34)45-36(46)27(4)52-32-21-13-20-31(24-32)43-38(48)33(23-28-15-12-14-25(2)22-28)44-37(47)29-16-8-6-9-17-29/h6-24,27H,5H2,1-4H3,(H,42,49)(H,43,48)(H,44,47)(H,45,46)/b33-23+. The van der Waals surface area contributed by atoms with Crippen LogP contribution in [0.2, 0.25) is 0 Å². The minimum Gasteiger partial charge on any atom is -0.462 e. The molecule has 0 bridgehead atoms. The summed E-state index contributed by atoms with van der Waals surface area (Å²) >= 11 is 2.24. The van der Waals surface area contributed by atoms with Gasteiger partial charge in [0.25, 0.3) is 17.7 Å². The summed E-state index contributed by atoms with van der Waals surface area (Å²) < 4.78 is 5.26. The predicted molar refractivity (Wildman–Crippen MR) is 211 cm³/mol. The summed E-state index contributed by atoms with van der Waals surface area (Å²) in [6, 6.07) is 32.1. The van der Waals surface area contributed by atoms with Gasteiger partial charge in [0.2, 0.25) is 5.91 Å². The lowest BCUT2D eigenvalue weighted by Gasteiger charge is -2.14. The molecule has 1 atom stereocenters. The van der Waals surface area contributed by atoms with E-state index in [1.54, 1.807) is 106 Å². The highest BCUT2D eigenvalue weighted by molar-refractivity contribution is 8.00. The maximum Gasteiger partial charge on any atom is 0.341 e. The van der Waals surface area contributed by atoms with E-state index in [4.69, 9.17) is 4.74 Å². The molecule has 4 aromatic carbocycles. The molecule has 0 aliphatic carbocycles. The summed E-state index contributed by atoms with van der Waals surface area (Å²) in [5.41, 5.74) is 3.75. The van der Waals surface area contributed by atoms with E-state index in [1.165, 1.54) is 11.8 Å². The number of thiophene rings is 1. The molecule has 0 radical (unpaired) electrons. The van der Waals surface area contributed by atoms with E-state index < -0.39 is 34.8 Å². The number of carbonyl (C=O) groups is 5. The fraction of sp³-hybridized carbons (Fsp3) is 0.146. The monoisotopic (exact) mass is 746 g/mol. The van der Waals surface area contributed by atoms with Gasteiger partial charge in [-0.3, -0.25) is 19.2 Å². The van der Waals surface area contributed by atoms with E-state index in [9.17, 15) is 24.0 Å². The molecule has 0 spiro atoms. The summed E-state index contributed by atoms with van der Waals surface area (Å²) in [4.78, 5) is 67.3. The number of hydrogen-bond donors (Lipinski definition) is 4. The molecule has 4 amide bonds. The van der Waals surface area contributed by atoms with Crippen LogP contribution < -0.4 is 21.3 Å². The van der Waals surface area contributed by atoms with Crippen molar-refractivity contribution in [3.05, 3.63) is 148 Å². The Morgan fingerprint density at radius 1 is 0.774 bits per heavy atom. The maximum absolute atomic E-state index is 13.6. The van der Waals surface area contributed by atoms with Crippen molar-refractivity contribution in [2.75, 3.05) is 22.6 Å². The number of nitrogens with one attached hydrogen (secondary N) is 4. The largest absolute Gasteiger partial charge is 0.462 e. The first-order valence-corrected chi connectivity index (χ1v) is 18.4. The molecule has 0 fully saturated rings. The predicted octanol–water partition coefficient (Wildman–Crippen LogP) is 8.32. The van der Waals surface area contributed by atoms with Gasteiger partial charge in [-0.15, -0.1) is 23.1 Å². The number of aryl methyl sites for hydroxylation is 1. The molecule has 5 rings (SSSR count). The number of benzene rings is 4. The van der Waals surface area contributed by atoms with Crippen LogP contribution in [-0.4, -0.2) is 41.5 Å². The second kappa shape index (κ2) is 18.0. The Labute approximate surface area is 316 Å². The van der Waals surface area contributed by atoms with Crippen LogP contribution >= 0.6 is 23.1 Å². The van der Waals surface area contributed by atoms with Gasteiger partial charge in [-0.05, 0) is 87.4 Å². The van der Waals surface area contributed by atoms with E-state index >= 15 is 0 Å². The third-order valence-electron chi connectivity index (χ3n) is 7.76. The minimum absolute atomic E-state index is 0.0516. The molecule has 0 saturated heterocycles. The molecule has 10 nitrogen and oxygen atoms in total. The van der Waals surface area contributed by atoms with E-state index in [0.717, 1.165) is 22.5 Å². The van der Waals surface area contributed by atoms with Gasteiger partial charge in [-0.2, -0.15) is 0 Å². The third kappa shape index (κ3) is 10.3. The first kappa shape index (κ1) is 38.3. The Morgan fingerprint density at radius 3 is 2.15 bits per heavy atom. The van der Waals surface area contributed by atoms with Crippen LogP contribution in [0.5, 0.6) is 0 Å². The summed E-state index contributed by atoms with van der Waals surface area (Å²) in [5.74, 6) is -2.43. The second-order valence-corrected chi connectivity index (χ2v) is 14.3. The quantitative estimate of drug-likeness (QED) is 0.0539. The molecule has 0 aliphatic rings. The Hall–Kier alpha value is -5.98. The van der Waals surface area contributed by atoms with Crippen LogP contribution in [0.3, 0.4) is 0 Å². The number of para-hydroxylation sites is 1. The average molecular weight is 747 g/mol.